The van der Waals surface area contributed by atoms with Gasteiger partial charge in [0.1, 0.15) is 12.0 Å². The number of anilines is 1. The van der Waals surface area contributed by atoms with Crippen LogP contribution in [0.15, 0.2) is 34.5 Å². The van der Waals surface area contributed by atoms with Gasteiger partial charge in [0, 0.05) is 0 Å². The van der Waals surface area contributed by atoms with E-state index in [1.165, 1.54) is 18.3 Å². The largest absolute Gasteiger partial charge is 1.00 e. The van der Waals surface area contributed by atoms with Gasteiger partial charge in [0.25, 0.3) is 0 Å². The van der Waals surface area contributed by atoms with Gasteiger partial charge in [0.05, 0.1) is 33.0 Å². The van der Waals surface area contributed by atoms with Crippen LogP contribution in [-0.4, -0.2) is 38.2 Å². The van der Waals surface area contributed by atoms with Crippen LogP contribution in [0.4, 0.5) is 10.1 Å². The van der Waals surface area contributed by atoms with Crippen molar-refractivity contribution in [2.45, 2.75) is 0 Å². The molecule has 0 heterocycles. The van der Waals surface area contributed by atoms with Crippen molar-refractivity contribution in [1.29, 1.82) is 0 Å². The van der Waals surface area contributed by atoms with E-state index in [2.05, 4.69) is 15.6 Å². The summed E-state index contributed by atoms with van der Waals surface area (Å²) in [6.45, 7) is 0. The van der Waals surface area contributed by atoms with Crippen LogP contribution in [0.5, 0.6) is 0 Å². The first-order valence-electron chi connectivity index (χ1n) is 4.88. The smallest absolute Gasteiger partial charge is 0.125 e. The van der Waals surface area contributed by atoms with Gasteiger partial charge in [-0.25, -0.2) is 8.98 Å². The second-order valence-corrected chi connectivity index (χ2v) is 4.11. The summed E-state index contributed by atoms with van der Waals surface area (Å²) in [4.78, 5) is 0. The van der Waals surface area contributed by atoms with E-state index in [1.807, 2.05) is 21.1 Å². The Morgan fingerprint density at radius 3 is 2.53 bits per heavy atom. The second kappa shape index (κ2) is 7.33. The van der Waals surface area contributed by atoms with Crippen LogP contribution in [-0.2, 0) is 0 Å². The lowest BCUT2D eigenvalue weighted by Gasteiger charge is -2.13. The van der Waals surface area contributed by atoms with Crippen LogP contribution in [0.3, 0.4) is 0 Å². The molecular weight excluding hydrogens is 334 g/mol. The Hall–Kier alpha value is -1.02. The van der Waals surface area contributed by atoms with Crippen LogP contribution in [0.25, 0.3) is 0 Å². The molecule has 0 spiro atoms. The molecule has 0 aliphatic rings. The molecule has 0 radical (unpaired) electrons. The van der Waals surface area contributed by atoms with Crippen LogP contribution in [0, 0.1) is 5.82 Å². The zero-order valence-electron chi connectivity index (χ0n) is 10.1. The van der Waals surface area contributed by atoms with Crippen molar-refractivity contribution in [3.05, 3.63) is 30.1 Å². The van der Waals surface area contributed by atoms with Gasteiger partial charge in [-0.2, -0.15) is 5.10 Å². The van der Waals surface area contributed by atoms with Crippen molar-refractivity contribution in [3.8, 4) is 0 Å². The molecular formula is C11H16FIN4. The number of quaternary nitrogens is 1. The molecule has 0 aromatic heterocycles. The molecule has 0 saturated heterocycles. The van der Waals surface area contributed by atoms with E-state index in [0.717, 1.165) is 0 Å². The molecule has 0 aliphatic heterocycles. The molecule has 1 aromatic rings. The highest BCUT2D eigenvalue weighted by molar-refractivity contribution is 6.15. The Labute approximate surface area is 118 Å². The topological polar surface area (TPSA) is 36.8 Å². The van der Waals surface area contributed by atoms with E-state index in [0.29, 0.717) is 10.3 Å². The summed E-state index contributed by atoms with van der Waals surface area (Å²) >= 11 is 0. The first-order valence-corrected chi connectivity index (χ1v) is 4.88. The molecule has 94 valence electrons. The summed E-state index contributed by atoms with van der Waals surface area (Å²) in [5.41, 5.74) is 3.31. The highest BCUT2D eigenvalue weighted by atomic mass is 127. The fourth-order valence-corrected chi connectivity index (χ4v) is 0.933. The molecule has 1 rings (SSSR count). The quantitative estimate of drug-likeness (QED) is 0.319. The number of hydrogen-bond acceptors (Lipinski definition) is 3. The Kier molecular flexibility index (Phi) is 6.89. The lowest BCUT2D eigenvalue weighted by molar-refractivity contribution is -0.876. The van der Waals surface area contributed by atoms with Crippen LogP contribution in [0.1, 0.15) is 0 Å². The molecule has 0 amide bonds. The third kappa shape index (κ3) is 7.81. The molecule has 0 atom stereocenters. The standard InChI is InChI=1S/C11H16FN4.HI/c1-16(2,3)14-8-7-13-15-11-6-4-5-10(12)9-11;/h4-9,15H,1-3H3;1H/q+1;/p-1/b13-7+,14-8+;. The van der Waals surface area contributed by atoms with Gasteiger partial charge in [-0.15, -0.1) is 0 Å². The minimum atomic E-state index is -0.291. The molecule has 0 fully saturated rings. The molecule has 0 unspecified atom stereocenters. The maximum absolute atomic E-state index is 12.8. The summed E-state index contributed by atoms with van der Waals surface area (Å²) in [7, 11) is 5.80. The molecule has 0 saturated carbocycles. The Morgan fingerprint density at radius 2 is 1.94 bits per heavy atom. The van der Waals surface area contributed by atoms with Crippen LogP contribution in [0.2, 0.25) is 0 Å². The van der Waals surface area contributed by atoms with E-state index in [-0.39, 0.29) is 29.8 Å². The first-order chi connectivity index (χ1) is 7.47. The Balaban J connectivity index is 0.00000256. The fourth-order valence-electron chi connectivity index (χ4n) is 0.933. The molecule has 4 nitrogen and oxygen atoms in total. The molecule has 0 aliphatic carbocycles. The van der Waals surface area contributed by atoms with Crippen molar-refractivity contribution in [2.75, 3.05) is 26.6 Å². The average molecular weight is 350 g/mol. The number of hydrogen-bond donors (Lipinski definition) is 1. The summed E-state index contributed by atoms with van der Waals surface area (Å²) in [6, 6.07) is 6.10. The SMILES string of the molecule is C[N+](C)(C)/N=C/C=N/Nc1cccc(F)c1.[I-]. The van der Waals surface area contributed by atoms with E-state index in [9.17, 15) is 4.39 Å². The highest BCUT2D eigenvalue weighted by Crippen LogP contribution is 2.08. The number of rotatable bonds is 4. The summed E-state index contributed by atoms with van der Waals surface area (Å²) in [6.07, 6.45) is 3.11. The van der Waals surface area contributed by atoms with Crippen molar-refractivity contribution >= 4 is 18.1 Å². The van der Waals surface area contributed by atoms with Gasteiger partial charge < -0.3 is 24.0 Å². The molecule has 6 heteroatoms. The van der Waals surface area contributed by atoms with Gasteiger partial charge >= 0.3 is 0 Å². The summed E-state index contributed by atoms with van der Waals surface area (Å²) in [5, 5.41) is 8.04. The number of nitrogens with zero attached hydrogens (tertiary/aromatic N) is 3. The van der Waals surface area contributed by atoms with Crippen molar-refractivity contribution in [2.24, 2.45) is 10.2 Å². The zero-order chi connectivity index (χ0) is 12.0. The molecule has 17 heavy (non-hydrogen) atoms. The zero-order valence-corrected chi connectivity index (χ0v) is 12.2. The molecule has 1 aromatic carbocycles. The highest BCUT2D eigenvalue weighted by Gasteiger charge is 1.99. The number of benzene rings is 1. The minimum absolute atomic E-state index is 0. The van der Waals surface area contributed by atoms with Gasteiger partial charge in [-0.1, -0.05) is 11.2 Å². The predicted octanol–water partition coefficient (Wildman–Crippen LogP) is -1.08. The van der Waals surface area contributed by atoms with Gasteiger partial charge in [0.15, 0.2) is 0 Å². The normalized spacial score (nSPS) is 11.8. The number of nitrogens with one attached hydrogen (secondary N) is 1. The number of hydrazone groups is 1. The van der Waals surface area contributed by atoms with E-state index >= 15 is 0 Å². The lowest BCUT2D eigenvalue weighted by Crippen LogP contribution is -3.00. The Morgan fingerprint density at radius 1 is 1.24 bits per heavy atom. The maximum Gasteiger partial charge on any atom is 0.125 e. The van der Waals surface area contributed by atoms with Crippen molar-refractivity contribution < 1.29 is 33.0 Å². The first kappa shape index (κ1) is 16.0. The van der Waals surface area contributed by atoms with E-state index in [4.69, 9.17) is 0 Å². The van der Waals surface area contributed by atoms with Crippen molar-refractivity contribution in [3.63, 3.8) is 0 Å². The van der Waals surface area contributed by atoms with Gasteiger partial charge in [0.2, 0.25) is 0 Å². The monoisotopic (exact) mass is 350 g/mol. The predicted molar refractivity (Wildman–Crippen MR) is 65.0 cm³/mol. The minimum Gasteiger partial charge on any atom is -1.00 e. The molecule has 1 N–H and O–H groups in total. The maximum atomic E-state index is 12.8. The summed E-state index contributed by atoms with van der Waals surface area (Å²) < 4.78 is 13.3. The third-order valence-electron chi connectivity index (χ3n) is 1.57. The van der Waals surface area contributed by atoms with Gasteiger partial charge in [-0.3, -0.25) is 5.43 Å². The average Bonchev–Trinajstić information content (AvgIpc) is 2.15. The lowest BCUT2D eigenvalue weighted by atomic mass is 10.3. The molecule has 0 bridgehead atoms. The van der Waals surface area contributed by atoms with E-state index < -0.39 is 0 Å². The van der Waals surface area contributed by atoms with Crippen molar-refractivity contribution in [1.82, 2.24) is 0 Å². The number of halogens is 2. The fraction of sp³-hybridized carbons (Fsp3) is 0.273. The van der Waals surface area contributed by atoms with Crippen LogP contribution >= 0.6 is 0 Å². The summed E-state index contributed by atoms with van der Waals surface area (Å²) in [5.74, 6) is -0.291. The third-order valence-corrected chi connectivity index (χ3v) is 1.57. The van der Waals surface area contributed by atoms with Crippen LogP contribution < -0.4 is 29.4 Å². The van der Waals surface area contributed by atoms with Gasteiger partial charge in [-0.05, 0) is 18.2 Å². The second-order valence-electron chi connectivity index (χ2n) is 4.11. The Bertz CT molecular complexity index is 399. The van der Waals surface area contributed by atoms with E-state index in [1.54, 1.807) is 18.3 Å².